The highest BCUT2D eigenvalue weighted by molar-refractivity contribution is 7.55. The molecule has 0 spiro atoms. The molecular weight excluding hydrogens is 362 g/mol. The minimum Gasteiger partial charge on any atom is -0.480 e. The maximum atomic E-state index is 11.9. The molecule has 2 aromatic rings. The van der Waals surface area contributed by atoms with Crippen molar-refractivity contribution in [1.82, 2.24) is 9.97 Å². The number of benzene rings is 1. The molecule has 1 atom stereocenters. The Kier molecular flexibility index (Phi) is 5.01. The summed E-state index contributed by atoms with van der Waals surface area (Å²) in [5.41, 5.74) is 1.03. The van der Waals surface area contributed by atoms with Crippen molar-refractivity contribution in [3.8, 4) is 0 Å². The zero-order valence-corrected chi connectivity index (χ0v) is 14.0. The third kappa shape index (κ3) is 3.92. The topological polar surface area (TPSA) is 181 Å². The minimum absolute atomic E-state index is 0.00707. The van der Waals surface area contributed by atoms with E-state index in [2.05, 4.69) is 9.97 Å². The van der Waals surface area contributed by atoms with Crippen LogP contribution in [-0.2, 0) is 20.3 Å². The number of carboxylic acid groups (broad SMARTS) is 1. The molecule has 6 N–H and O–H groups in total. The van der Waals surface area contributed by atoms with Gasteiger partial charge in [0.1, 0.15) is 5.82 Å². The Hall–Kier alpha value is -1.54. The van der Waals surface area contributed by atoms with Crippen LogP contribution in [0.2, 0.25) is 0 Å². The third-order valence-electron chi connectivity index (χ3n) is 3.67. The molecule has 12 heteroatoms. The third-order valence-corrected chi connectivity index (χ3v) is 6.17. The Balaban J connectivity index is 2.46. The maximum absolute atomic E-state index is 11.9. The minimum atomic E-state index is -5.26. The van der Waals surface area contributed by atoms with Gasteiger partial charge in [0.15, 0.2) is 5.16 Å². The first-order valence-electron chi connectivity index (χ1n) is 6.72. The molecule has 0 saturated carbocycles. The second-order valence-electron chi connectivity index (χ2n) is 5.40. The number of carbonyl (C=O) groups is 1. The van der Waals surface area contributed by atoms with Crippen LogP contribution in [0.25, 0.3) is 11.0 Å². The van der Waals surface area contributed by atoms with Gasteiger partial charge in [-0.2, -0.15) is 0 Å². The zero-order chi connectivity index (χ0) is 18.2. The first kappa shape index (κ1) is 18.8. The van der Waals surface area contributed by atoms with E-state index in [-0.39, 0.29) is 5.82 Å². The molecule has 24 heavy (non-hydrogen) atoms. The summed E-state index contributed by atoms with van der Waals surface area (Å²) in [5.74, 6) is -1.84. The van der Waals surface area contributed by atoms with Crippen molar-refractivity contribution >= 4 is 32.2 Å². The average Bonchev–Trinajstić information content (AvgIpc) is 2.82. The molecule has 0 saturated heterocycles. The molecule has 0 fully saturated rings. The van der Waals surface area contributed by atoms with E-state index in [1.54, 1.807) is 24.3 Å². The van der Waals surface area contributed by atoms with Gasteiger partial charge >= 0.3 is 21.2 Å². The molecular formula is C12H16N2O8P2. The van der Waals surface area contributed by atoms with Crippen molar-refractivity contribution in [2.45, 2.75) is 18.0 Å². The molecule has 132 valence electrons. The normalized spacial score (nSPS) is 15.3. The molecule has 1 unspecified atom stereocenters. The summed E-state index contributed by atoms with van der Waals surface area (Å²) in [6, 6.07) is 6.67. The van der Waals surface area contributed by atoms with E-state index in [1.807, 2.05) is 0 Å². The van der Waals surface area contributed by atoms with Crippen LogP contribution in [0.4, 0.5) is 0 Å². The number of nitrogens with one attached hydrogen (secondary N) is 1. The summed E-state index contributed by atoms with van der Waals surface area (Å²) in [4.78, 5) is 55.5. The summed E-state index contributed by atoms with van der Waals surface area (Å²) in [6.45, 7) is 0. The van der Waals surface area contributed by atoms with Crippen LogP contribution in [0.1, 0.15) is 12.2 Å². The standard InChI is InChI=1S/C12H16N2O8P2/c15-11(16)12(24(20,21)22,5-6-23(17,18)19)7-10-13-8-3-1-2-4-9(8)14-10/h1-4H,5-7H2,(H,13,14)(H,15,16)(H2,17,18,19)(H2,20,21,22). The Morgan fingerprint density at radius 2 is 1.79 bits per heavy atom. The summed E-state index contributed by atoms with van der Waals surface area (Å²) >= 11 is 0. The van der Waals surface area contributed by atoms with Crippen molar-refractivity contribution in [1.29, 1.82) is 0 Å². The quantitative estimate of drug-likeness (QED) is 0.377. The maximum Gasteiger partial charge on any atom is 0.343 e. The molecule has 0 aliphatic carbocycles. The van der Waals surface area contributed by atoms with E-state index in [0.717, 1.165) is 0 Å². The van der Waals surface area contributed by atoms with Gasteiger partial charge in [-0.15, -0.1) is 0 Å². The number of para-hydroxylation sites is 2. The van der Waals surface area contributed by atoms with Crippen molar-refractivity contribution in [2.75, 3.05) is 6.16 Å². The van der Waals surface area contributed by atoms with E-state index in [9.17, 15) is 28.8 Å². The van der Waals surface area contributed by atoms with Crippen molar-refractivity contribution in [2.24, 2.45) is 0 Å². The number of carboxylic acids is 1. The van der Waals surface area contributed by atoms with Crippen LogP contribution in [0.5, 0.6) is 0 Å². The molecule has 0 bridgehead atoms. The summed E-state index contributed by atoms with van der Waals surface area (Å²) < 4.78 is 22.9. The molecule has 1 aromatic carbocycles. The number of hydrogen-bond donors (Lipinski definition) is 6. The lowest BCUT2D eigenvalue weighted by Gasteiger charge is -2.29. The first-order chi connectivity index (χ1) is 10.9. The van der Waals surface area contributed by atoms with Crippen molar-refractivity contribution < 1.29 is 38.6 Å². The fraction of sp³-hybridized carbons (Fsp3) is 0.333. The van der Waals surface area contributed by atoms with E-state index >= 15 is 0 Å². The smallest absolute Gasteiger partial charge is 0.343 e. The Morgan fingerprint density at radius 3 is 2.29 bits per heavy atom. The van der Waals surface area contributed by atoms with Crippen molar-refractivity contribution in [3.63, 3.8) is 0 Å². The van der Waals surface area contributed by atoms with Gasteiger partial charge in [-0.25, -0.2) is 4.98 Å². The number of H-pyrrole nitrogens is 1. The lowest BCUT2D eigenvalue weighted by Crippen LogP contribution is -2.42. The number of hydrogen-bond acceptors (Lipinski definition) is 4. The lowest BCUT2D eigenvalue weighted by molar-refractivity contribution is -0.140. The molecule has 0 aliphatic rings. The van der Waals surface area contributed by atoms with Gasteiger partial charge in [0.2, 0.25) is 0 Å². The van der Waals surface area contributed by atoms with Crippen molar-refractivity contribution in [3.05, 3.63) is 30.1 Å². The predicted molar refractivity (Wildman–Crippen MR) is 83.7 cm³/mol. The molecule has 1 heterocycles. The van der Waals surface area contributed by atoms with Gasteiger partial charge in [-0.3, -0.25) is 13.9 Å². The summed E-state index contributed by atoms with van der Waals surface area (Å²) in [5, 5.41) is 6.73. The predicted octanol–water partition coefficient (Wildman–Crippen LogP) is 0.674. The van der Waals surface area contributed by atoms with Crippen LogP contribution >= 0.6 is 15.2 Å². The van der Waals surface area contributed by atoms with Crippen LogP contribution in [0.3, 0.4) is 0 Å². The van der Waals surface area contributed by atoms with Crippen LogP contribution < -0.4 is 0 Å². The van der Waals surface area contributed by atoms with Gasteiger partial charge in [-0.1, -0.05) is 12.1 Å². The number of nitrogens with zero attached hydrogens (tertiary/aromatic N) is 1. The summed E-state index contributed by atoms with van der Waals surface area (Å²) in [6.07, 6.45) is -2.56. The molecule has 10 nitrogen and oxygen atoms in total. The number of aromatic nitrogens is 2. The lowest BCUT2D eigenvalue weighted by atomic mass is 10.0. The van der Waals surface area contributed by atoms with Crippen LogP contribution in [0.15, 0.2) is 24.3 Å². The molecule has 0 amide bonds. The molecule has 0 aliphatic heterocycles. The average molecular weight is 378 g/mol. The summed E-state index contributed by atoms with van der Waals surface area (Å²) in [7, 11) is -9.90. The largest absolute Gasteiger partial charge is 0.480 e. The van der Waals surface area contributed by atoms with Gasteiger partial charge in [0.05, 0.1) is 17.2 Å². The highest BCUT2D eigenvalue weighted by Crippen LogP contribution is 2.56. The van der Waals surface area contributed by atoms with Gasteiger partial charge in [0.25, 0.3) is 0 Å². The molecule has 2 rings (SSSR count). The van der Waals surface area contributed by atoms with E-state index in [1.165, 1.54) is 0 Å². The Morgan fingerprint density at radius 1 is 1.17 bits per heavy atom. The SMILES string of the molecule is O=C(O)C(CCP(=O)(O)O)(Cc1nc2ccccc2[nH]1)P(=O)(O)O. The van der Waals surface area contributed by atoms with Crippen LogP contribution in [-0.4, -0.2) is 51.9 Å². The fourth-order valence-corrected chi connectivity index (χ4v) is 4.20. The number of rotatable bonds is 7. The highest BCUT2D eigenvalue weighted by Gasteiger charge is 2.55. The Bertz CT molecular complexity index is 821. The first-order valence-corrected chi connectivity index (χ1v) is 10.1. The number of imidazole rings is 1. The van der Waals surface area contributed by atoms with Gasteiger partial charge < -0.3 is 29.7 Å². The van der Waals surface area contributed by atoms with Crippen LogP contribution in [0, 0.1) is 0 Å². The molecule has 1 aromatic heterocycles. The molecule has 0 radical (unpaired) electrons. The van der Waals surface area contributed by atoms with E-state index in [0.29, 0.717) is 11.0 Å². The van der Waals surface area contributed by atoms with Gasteiger partial charge in [0, 0.05) is 6.42 Å². The van der Waals surface area contributed by atoms with E-state index in [4.69, 9.17) is 9.79 Å². The highest BCUT2D eigenvalue weighted by atomic mass is 31.2. The fourth-order valence-electron chi connectivity index (χ4n) is 2.34. The second-order valence-corrected chi connectivity index (χ2v) is 9.12. The number of aliphatic carboxylic acids is 1. The second kappa shape index (κ2) is 6.40. The van der Waals surface area contributed by atoms with E-state index < -0.39 is 45.3 Å². The van der Waals surface area contributed by atoms with Gasteiger partial charge in [-0.05, 0) is 18.6 Å². The zero-order valence-electron chi connectivity index (χ0n) is 12.2. The Labute approximate surface area is 135 Å². The monoisotopic (exact) mass is 378 g/mol. The number of aromatic amines is 1. The number of fused-ring (bicyclic) bond motifs is 1.